The van der Waals surface area contributed by atoms with Gasteiger partial charge in [-0.3, -0.25) is 9.78 Å². The quantitative estimate of drug-likeness (QED) is 0.487. The predicted molar refractivity (Wildman–Crippen MR) is 68.2 cm³/mol. The van der Waals surface area contributed by atoms with Crippen LogP contribution in [0.1, 0.15) is 17.4 Å². The number of rotatable bonds is 4. The van der Waals surface area contributed by atoms with Crippen LogP contribution in [0.4, 0.5) is 4.79 Å². The molecule has 0 aliphatic rings. The Bertz CT molecular complexity index is 501. The molecule has 0 saturated carbocycles. The molecule has 4 N–H and O–H groups in total. The zero-order chi connectivity index (χ0) is 14.4. The summed E-state index contributed by atoms with van der Waals surface area (Å²) in [7, 11) is 3.06. The zero-order valence-electron chi connectivity index (χ0n) is 10.6. The van der Waals surface area contributed by atoms with E-state index in [4.69, 9.17) is 5.73 Å². The van der Waals surface area contributed by atoms with Gasteiger partial charge in [0.05, 0.1) is 11.9 Å². The van der Waals surface area contributed by atoms with Crippen molar-refractivity contribution in [2.45, 2.75) is 6.10 Å². The Morgan fingerprint density at radius 3 is 2.84 bits per heavy atom. The molecule has 1 unspecified atom stereocenters. The molecule has 0 saturated heterocycles. The number of hydrazone groups is 1. The van der Waals surface area contributed by atoms with E-state index in [0.717, 1.165) is 0 Å². The Kier molecular flexibility index (Phi) is 4.95. The highest BCUT2D eigenvalue weighted by atomic mass is 16.3. The predicted octanol–water partition coefficient (Wildman–Crippen LogP) is -0.795. The fraction of sp³-hybridized carbons (Fsp3) is 0.273. The van der Waals surface area contributed by atoms with Crippen molar-refractivity contribution < 1.29 is 14.7 Å². The minimum atomic E-state index is -1.35. The van der Waals surface area contributed by atoms with Gasteiger partial charge in [-0.15, -0.1) is 0 Å². The van der Waals surface area contributed by atoms with Crippen LogP contribution in [-0.4, -0.2) is 47.2 Å². The van der Waals surface area contributed by atoms with Gasteiger partial charge in [-0.25, -0.2) is 10.2 Å². The smallest absolute Gasteiger partial charge is 0.332 e. The number of likely N-dealkylation sites (N-methyl/N-ethyl adjacent to an activating group) is 1. The molecule has 1 aromatic heterocycles. The number of urea groups is 1. The Balaban J connectivity index is 2.98. The van der Waals surface area contributed by atoms with Gasteiger partial charge in [0.15, 0.2) is 6.10 Å². The molecule has 0 aromatic carbocycles. The maximum Gasteiger partial charge on any atom is 0.332 e. The molecule has 19 heavy (non-hydrogen) atoms. The second-order valence-corrected chi connectivity index (χ2v) is 3.85. The van der Waals surface area contributed by atoms with Gasteiger partial charge in [-0.2, -0.15) is 5.10 Å². The molecule has 0 bridgehead atoms. The molecule has 0 spiro atoms. The van der Waals surface area contributed by atoms with Crippen molar-refractivity contribution in [3.8, 4) is 0 Å². The van der Waals surface area contributed by atoms with Gasteiger partial charge >= 0.3 is 6.03 Å². The molecular weight excluding hydrogens is 250 g/mol. The van der Waals surface area contributed by atoms with Crippen molar-refractivity contribution >= 4 is 18.2 Å². The first-order chi connectivity index (χ1) is 8.93. The number of carbonyl (C=O) groups excluding carboxylic acids is 2. The second kappa shape index (κ2) is 6.45. The second-order valence-electron chi connectivity index (χ2n) is 3.85. The summed E-state index contributed by atoms with van der Waals surface area (Å²) in [6, 6.07) is 2.31. The number of amides is 3. The largest absolute Gasteiger partial charge is 0.378 e. The maximum absolute atomic E-state index is 11.7. The van der Waals surface area contributed by atoms with Gasteiger partial charge in [-0.1, -0.05) is 6.07 Å². The summed E-state index contributed by atoms with van der Waals surface area (Å²) < 4.78 is 0. The lowest BCUT2D eigenvalue weighted by atomic mass is 10.1. The SMILES string of the molecule is CN(C)C(=O)C(O)c1cccnc1C=NNC(N)=O. The van der Waals surface area contributed by atoms with Gasteiger partial charge in [0.1, 0.15) is 0 Å². The monoisotopic (exact) mass is 265 g/mol. The summed E-state index contributed by atoms with van der Waals surface area (Å²) in [6.07, 6.45) is 1.33. The van der Waals surface area contributed by atoms with Crippen molar-refractivity contribution in [3.05, 3.63) is 29.6 Å². The van der Waals surface area contributed by atoms with Crippen LogP contribution in [0.25, 0.3) is 0 Å². The lowest BCUT2D eigenvalue weighted by molar-refractivity contribution is -0.137. The molecule has 1 atom stereocenters. The van der Waals surface area contributed by atoms with Crippen molar-refractivity contribution in [2.75, 3.05) is 14.1 Å². The number of pyridine rings is 1. The molecule has 8 heteroatoms. The summed E-state index contributed by atoms with van der Waals surface area (Å²) in [5.41, 5.74) is 7.40. The minimum Gasteiger partial charge on any atom is -0.378 e. The molecule has 1 heterocycles. The number of carbonyl (C=O) groups is 2. The molecule has 0 fully saturated rings. The van der Waals surface area contributed by atoms with E-state index in [2.05, 4.69) is 10.1 Å². The third-order valence-corrected chi connectivity index (χ3v) is 2.20. The minimum absolute atomic E-state index is 0.263. The number of nitrogens with zero attached hydrogens (tertiary/aromatic N) is 3. The van der Waals surface area contributed by atoms with Crippen molar-refractivity contribution in [2.24, 2.45) is 10.8 Å². The highest BCUT2D eigenvalue weighted by Gasteiger charge is 2.21. The van der Waals surface area contributed by atoms with E-state index in [9.17, 15) is 14.7 Å². The van der Waals surface area contributed by atoms with E-state index in [1.165, 1.54) is 31.4 Å². The van der Waals surface area contributed by atoms with Gasteiger partial charge in [-0.05, 0) is 6.07 Å². The standard InChI is InChI=1S/C11H15N5O3/c1-16(2)10(18)9(17)7-4-3-5-13-8(7)6-14-15-11(12)19/h3-6,9,17H,1-2H3,(H3,12,15,19). The fourth-order valence-electron chi connectivity index (χ4n) is 1.30. The van der Waals surface area contributed by atoms with Crippen molar-refractivity contribution in [3.63, 3.8) is 0 Å². The van der Waals surface area contributed by atoms with E-state index >= 15 is 0 Å². The van der Waals surface area contributed by atoms with Crippen LogP contribution < -0.4 is 11.2 Å². The van der Waals surface area contributed by atoms with Gasteiger partial charge in [0.25, 0.3) is 5.91 Å². The molecule has 0 radical (unpaired) electrons. The van der Waals surface area contributed by atoms with E-state index in [0.29, 0.717) is 0 Å². The number of hydrogen-bond acceptors (Lipinski definition) is 5. The number of hydrogen-bond donors (Lipinski definition) is 3. The molecule has 1 rings (SSSR count). The Hall–Kier alpha value is -2.48. The number of aromatic nitrogens is 1. The Morgan fingerprint density at radius 2 is 2.26 bits per heavy atom. The van der Waals surface area contributed by atoms with Crippen molar-refractivity contribution in [1.29, 1.82) is 0 Å². The van der Waals surface area contributed by atoms with E-state index in [-0.39, 0.29) is 11.3 Å². The third kappa shape index (κ3) is 4.03. The number of aliphatic hydroxyl groups excluding tert-OH is 1. The molecule has 3 amide bonds. The molecule has 0 aliphatic heterocycles. The number of nitrogens with two attached hydrogens (primary N) is 1. The lowest BCUT2D eigenvalue weighted by Gasteiger charge is -2.16. The van der Waals surface area contributed by atoms with Crippen LogP contribution in [0.5, 0.6) is 0 Å². The molecule has 8 nitrogen and oxygen atoms in total. The highest BCUT2D eigenvalue weighted by Crippen LogP contribution is 2.16. The molecule has 102 valence electrons. The molecule has 1 aromatic rings. The first-order valence-corrected chi connectivity index (χ1v) is 5.36. The maximum atomic E-state index is 11.7. The summed E-state index contributed by atoms with van der Waals surface area (Å²) >= 11 is 0. The van der Waals surface area contributed by atoms with E-state index in [1.807, 2.05) is 5.43 Å². The summed E-state index contributed by atoms with van der Waals surface area (Å²) in [5.74, 6) is -0.481. The average Bonchev–Trinajstić information content (AvgIpc) is 2.37. The average molecular weight is 265 g/mol. The Morgan fingerprint density at radius 1 is 1.58 bits per heavy atom. The lowest BCUT2D eigenvalue weighted by Crippen LogP contribution is -2.29. The first kappa shape index (κ1) is 14.6. The topological polar surface area (TPSA) is 121 Å². The first-order valence-electron chi connectivity index (χ1n) is 5.36. The van der Waals surface area contributed by atoms with Crippen LogP contribution in [0.15, 0.2) is 23.4 Å². The number of primary amides is 1. The van der Waals surface area contributed by atoms with E-state index < -0.39 is 18.0 Å². The van der Waals surface area contributed by atoms with Crippen molar-refractivity contribution in [1.82, 2.24) is 15.3 Å². The number of nitrogens with one attached hydrogen (secondary N) is 1. The van der Waals surface area contributed by atoms with Gasteiger partial charge < -0.3 is 15.7 Å². The normalized spacial score (nSPS) is 12.2. The third-order valence-electron chi connectivity index (χ3n) is 2.20. The Labute approximate surface area is 109 Å². The molecule has 0 aliphatic carbocycles. The van der Waals surface area contributed by atoms with Gasteiger partial charge in [0.2, 0.25) is 0 Å². The van der Waals surface area contributed by atoms with Crippen LogP contribution in [0.2, 0.25) is 0 Å². The molecular formula is C11H15N5O3. The summed E-state index contributed by atoms with van der Waals surface area (Å²) in [4.78, 5) is 27.4. The van der Waals surface area contributed by atoms with Gasteiger partial charge in [0, 0.05) is 25.9 Å². The summed E-state index contributed by atoms with van der Waals surface area (Å²) in [5, 5.41) is 13.5. The van der Waals surface area contributed by atoms with Crippen LogP contribution in [0, 0.1) is 0 Å². The van der Waals surface area contributed by atoms with Crippen LogP contribution >= 0.6 is 0 Å². The van der Waals surface area contributed by atoms with Crippen LogP contribution in [0.3, 0.4) is 0 Å². The summed E-state index contributed by atoms with van der Waals surface area (Å²) in [6.45, 7) is 0. The highest BCUT2D eigenvalue weighted by molar-refractivity contribution is 5.87. The zero-order valence-corrected chi connectivity index (χ0v) is 10.6. The van der Waals surface area contributed by atoms with E-state index in [1.54, 1.807) is 12.1 Å². The fourth-order valence-corrected chi connectivity index (χ4v) is 1.30. The van der Waals surface area contributed by atoms with Crippen LogP contribution in [-0.2, 0) is 4.79 Å². The number of aliphatic hydroxyl groups is 1.